The molecular weight excluding hydrogens is 250 g/mol. The van der Waals surface area contributed by atoms with Gasteiger partial charge < -0.3 is 4.74 Å². The van der Waals surface area contributed by atoms with E-state index in [1.165, 1.54) is 5.56 Å². The highest BCUT2D eigenvalue weighted by molar-refractivity contribution is 5.99. The first kappa shape index (κ1) is 15.2. The molecule has 2 rings (SSSR count). The largest absolute Gasteiger partial charge is 0.377 e. The van der Waals surface area contributed by atoms with E-state index in [0.717, 1.165) is 38.0 Å². The minimum absolute atomic E-state index is 0.105. The molecule has 0 amide bonds. The molecule has 0 N–H and O–H groups in total. The molecule has 20 heavy (non-hydrogen) atoms. The molecule has 1 heterocycles. The molecule has 110 valence electrons. The molecule has 0 aromatic heterocycles. The van der Waals surface area contributed by atoms with Gasteiger partial charge in [0.2, 0.25) is 0 Å². The molecule has 1 saturated heterocycles. The summed E-state index contributed by atoms with van der Waals surface area (Å²) in [6.45, 7) is 5.79. The van der Waals surface area contributed by atoms with Gasteiger partial charge in [-0.3, -0.25) is 9.69 Å². The first-order chi connectivity index (χ1) is 9.61. The molecule has 3 heteroatoms. The van der Waals surface area contributed by atoms with Gasteiger partial charge in [0.1, 0.15) is 0 Å². The fourth-order valence-corrected chi connectivity index (χ4v) is 2.61. The summed E-state index contributed by atoms with van der Waals surface area (Å²) in [5, 5.41) is 0. The zero-order valence-corrected chi connectivity index (χ0v) is 12.8. The van der Waals surface area contributed by atoms with E-state index >= 15 is 0 Å². The molecule has 1 aliphatic heterocycles. The zero-order chi connectivity index (χ0) is 14.5. The molecule has 0 saturated carbocycles. The molecule has 2 atom stereocenters. The van der Waals surface area contributed by atoms with Crippen molar-refractivity contribution in [1.82, 2.24) is 4.90 Å². The smallest absolute Gasteiger partial charge is 0.179 e. The number of carbonyl (C=O) groups excluding carboxylic acids is 1. The number of rotatable bonds is 6. The Morgan fingerprint density at radius 1 is 1.40 bits per heavy atom. The van der Waals surface area contributed by atoms with Gasteiger partial charge in [0, 0.05) is 18.7 Å². The fraction of sp³-hybridized carbons (Fsp3) is 0.588. The van der Waals surface area contributed by atoms with E-state index in [-0.39, 0.29) is 17.9 Å². The van der Waals surface area contributed by atoms with Gasteiger partial charge in [0.05, 0.1) is 12.1 Å². The second kappa shape index (κ2) is 7.00. The molecule has 2 unspecified atom stereocenters. The quantitative estimate of drug-likeness (QED) is 0.748. The number of benzene rings is 1. The summed E-state index contributed by atoms with van der Waals surface area (Å²) in [6.07, 6.45) is 3.54. The zero-order valence-electron chi connectivity index (χ0n) is 12.8. The molecular formula is C17H25NO2. The van der Waals surface area contributed by atoms with Crippen LogP contribution in [0.1, 0.15) is 42.6 Å². The fourth-order valence-electron chi connectivity index (χ4n) is 2.61. The van der Waals surface area contributed by atoms with Crippen LogP contribution in [-0.2, 0) is 11.2 Å². The molecule has 0 bridgehead atoms. The number of carbonyl (C=O) groups is 1. The van der Waals surface area contributed by atoms with Crippen molar-refractivity contribution in [2.75, 3.05) is 20.2 Å². The van der Waals surface area contributed by atoms with Crippen LogP contribution in [0.25, 0.3) is 0 Å². The van der Waals surface area contributed by atoms with Gasteiger partial charge in [0.15, 0.2) is 5.78 Å². The van der Waals surface area contributed by atoms with Gasteiger partial charge in [0.25, 0.3) is 0 Å². The number of hydrogen-bond acceptors (Lipinski definition) is 3. The Labute approximate surface area is 121 Å². The number of nitrogens with zero attached hydrogens (tertiary/aromatic N) is 1. The van der Waals surface area contributed by atoms with Gasteiger partial charge in [-0.15, -0.1) is 0 Å². The van der Waals surface area contributed by atoms with E-state index in [2.05, 4.69) is 11.8 Å². The van der Waals surface area contributed by atoms with E-state index in [1.807, 2.05) is 38.2 Å². The van der Waals surface area contributed by atoms with Crippen LogP contribution in [0.15, 0.2) is 24.3 Å². The Bertz CT molecular complexity index is 435. The Kier molecular flexibility index (Phi) is 5.32. The van der Waals surface area contributed by atoms with Crippen LogP contribution in [-0.4, -0.2) is 43.0 Å². The maximum absolute atomic E-state index is 12.5. The van der Waals surface area contributed by atoms with Gasteiger partial charge in [-0.05, 0) is 38.8 Å². The maximum Gasteiger partial charge on any atom is 0.179 e. The molecule has 1 aliphatic rings. The molecule has 1 fully saturated rings. The van der Waals surface area contributed by atoms with E-state index in [9.17, 15) is 4.79 Å². The third-order valence-electron chi connectivity index (χ3n) is 4.20. The molecule has 0 aliphatic carbocycles. The number of ether oxygens (including phenoxy) is 1. The number of Topliss-reactive ketones (excluding diaryl/α,β-unsaturated/α-hetero) is 1. The number of hydrogen-bond donors (Lipinski definition) is 0. The first-order valence-electron chi connectivity index (χ1n) is 7.56. The normalized spacial score (nSPS) is 20.3. The van der Waals surface area contributed by atoms with E-state index in [4.69, 9.17) is 4.74 Å². The van der Waals surface area contributed by atoms with Crippen molar-refractivity contribution in [1.29, 1.82) is 0 Å². The van der Waals surface area contributed by atoms with Crippen LogP contribution in [0.5, 0.6) is 0 Å². The summed E-state index contributed by atoms with van der Waals surface area (Å²) in [5.74, 6) is 0.188. The molecule has 0 spiro atoms. The Morgan fingerprint density at radius 3 is 2.65 bits per heavy atom. The number of aryl methyl sites for hydroxylation is 1. The second-order valence-electron chi connectivity index (χ2n) is 5.67. The predicted molar refractivity (Wildman–Crippen MR) is 81.2 cm³/mol. The first-order valence-corrected chi connectivity index (χ1v) is 7.56. The summed E-state index contributed by atoms with van der Waals surface area (Å²) in [4.78, 5) is 14.6. The van der Waals surface area contributed by atoms with Crippen LogP contribution in [0.3, 0.4) is 0 Å². The Morgan fingerprint density at radius 2 is 2.10 bits per heavy atom. The lowest BCUT2D eigenvalue weighted by Crippen LogP contribution is -2.40. The van der Waals surface area contributed by atoms with E-state index < -0.39 is 0 Å². The topological polar surface area (TPSA) is 29.5 Å². The monoisotopic (exact) mass is 275 g/mol. The molecule has 3 nitrogen and oxygen atoms in total. The van der Waals surface area contributed by atoms with Crippen molar-refractivity contribution in [3.63, 3.8) is 0 Å². The molecule has 0 radical (unpaired) electrons. The van der Waals surface area contributed by atoms with E-state index in [1.54, 1.807) is 0 Å². The van der Waals surface area contributed by atoms with Crippen molar-refractivity contribution in [2.24, 2.45) is 0 Å². The van der Waals surface area contributed by atoms with Crippen LogP contribution in [0, 0.1) is 0 Å². The maximum atomic E-state index is 12.5. The lowest BCUT2D eigenvalue weighted by molar-refractivity contribution is 0.0620. The van der Waals surface area contributed by atoms with E-state index in [0.29, 0.717) is 0 Å². The lowest BCUT2D eigenvalue weighted by Gasteiger charge is -2.26. The third-order valence-corrected chi connectivity index (χ3v) is 4.20. The van der Waals surface area contributed by atoms with Crippen molar-refractivity contribution in [3.05, 3.63) is 35.4 Å². The summed E-state index contributed by atoms with van der Waals surface area (Å²) in [5.41, 5.74) is 2.07. The van der Waals surface area contributed by atoms with Gasteiger partial charge in [-0.25, -0.2) is 0 Å². The molecule has 1 aromatic carbocycles. The van der Waals surface area contributed by atoms with Crippen LogP contribution in [0.4, 0.5) is 0 Å². The SMILES string of the molecule is CCc1ccc(C(=O)C(C)N(C)CC2CCCO2)cc1. The Hall–Kier alpha value is -1.19. The highest BCUT2D eigenvalue weighted by Crippen LogP contribution is 2.16. The number of ketones is 1. The summed E-state index contributed by atoms with van der Waals surface area (Å²) in [6, 6.07) is 7.86. The second-order valence-corrected chi connectivity index (χ2v) is 5.67. The summed E-state index contributed by atoms with van der Waals surface area (Å²) >= 11 is 0. The van der Waals surface area contributed by atoms with Crippen molar-refractivity contribution in [3.8, 4) is 0 Å². The summed E-state index contributed by atoms with van der Waals surface area (Å²) < 4.78 is 5.64. The molecule has 1 aromatic rings. The highest BCUT2D eigenvalue weighted by atomic mass is 16.5. The minimum Gasteiger partial charge on any atom is -0.377 e. The van der Waals surface area contributed by atoms with Crippen molar-refractivity contribution in [2.45, 2.75) is 45.3 Å². The average Bonchev–Trinajstić information content (AvgIpc) is 2.98. The standard InChI is InChI=1S/C17H25NO2/c1-4-14-7-9-15(10-8-14)17(19)13(2)18(3)12-16-6-5-11-20-16/h7-10,13,16H,4-6,11-12H2,1-3H3. The third kappa shape index (κ3) is 3.68. The average molecular weight is 275 g/mol. The van der Waals surface area contributed by atoms with Crippen LogP contribution < -0.4 is 0 Å². The van der Waals surface area contributed by atoms with Crippen molar-refractivity contribution >= 4 is 5.78 Å². The van der Waals surface area contributed by atoms with Gasteiger partial charge >= 0.3 is 0 Å². The van der Waals surface area contributed by atoms with Crippen molar-refractivity contribution < 1.29 is 9.53 Å². The Balaban J connectivity index is 1.95. The van der Waals surface area contributed by atoms with Crippen LogP contribution >= 0.6 is 0 Å². The number of likely N-dealkylation sites (N-methyl/N-ethyl adjacent to an activating group) is 1. The predicted octanol–water partition coefficient (Wildman–Crippen LogP) is 2.93. The highest BCUT2D eigenvalue weighted by Gasteiger charge is 2.24. The lowest BCUT2D eigenvalue weighted by atomic mass is 10.0. The van der Waals surface area contributed by atoms with Gasteiger partial charge in [-0.2, -0.15) is 0 Å². The van der Waals surface area contributed by atoms with Crippen LogP contribution in [0.2, 0.25) is 0 Å². The summed E-state index contributed by atoms with van der Waals surface area (Å²) in [7, 11) is 2.00. The minimum atomic E-state index is -0.105. The van der Waals surface area contributed by atoms with Gasteiger partial charge in [-0.1, -0.05) is 31.2 Å².